The third-order valence-corrected chi connectivity index (χ3v) is 1.98. The summed E-state index contributed by atoms with van der Waals surface area (Å²) in [7, 11) is 3.37. The van der Waals surface area contributed by atoms with E-state index >= 15 is 0 Å². The van der Waals surface area contributed by atoms with Crippen molar-refractivity contribution in [2.24, 2.45) is 0 Å². The first-order valence-electron chi connectivity index (χ1n) is 4.72. The number of carboxylic acids is 1. The summed E-state index contributed by atoms with van der Waals surface area (Å²) in [6.45, 7) is 4.39. The Morgan fingerprint density at radius 3 is 2.60 bits per heavy atom. The number of hydrogen-bond donors (Lipinski definition) is 2. The standard InChI is InChI=1S/C10H18N2O3/c1-4-5-12(3)7-9(13)8(11-2)6-10(14)15/h4,8,11H,1,5-7H2,2-3H3,(H,14,15). The molecule has 0 amide bonds. The molecule has 5 heteroatoms. The molecule has 86 valence electrons. The van der Waals surface area contributed by atoms with Gasteiger partial charge in [0.1, 0.15) is 0 Å². The molecule has 0 bridgehead atoms. The lowest BCUT2D eigenvalue weighted by atomic mass is 10.1. The highest BCUT2D eigenvalue weighted by atomic mass is 16.4. The molecule has 15 heavy (non-hydrogen) atoms. The Morgan fingerprint density at radius 2 is 2.20 bits per heavy atom. The zero-order valence-electron chi connectivity index (χ0n) is 9.19. The van der Waals surface area contributed by atoms with Gasteiger partial charge in [-0.2, -0.15) is 0 Å². The van der Waals surface area contributed by atoms with Crippen molar-refractivity contribution in [3.63, 3.8) is 0 Å². The van der Waals surface area contributed by atoms with E-state index in [0.29, 0.717) is 6.54 Å². The zero-order chi connectivity index (χ0) is 11.8. The maximum absolute atomic E-state index is 11.6. The molecule has 0 rings (SSSR count). The largest absolute Gasteiger partial charge is 0.481 e. The average molecular weight is 214 g/mol. The van der Waals surface area contributed by atoms with E-state index in [4.69, 9.17) is 5.11 Å². The highest BCUT2D eigenvalue weighted by Gasteiger charge is 2.20. The summed E-state index contributed by atoms with van der Waals surface area (Å²) in [6, 6.07) is -0.616. The number of aliphatic carboxylic acids is 1. The average Bonchev–Trinajstić information content (AvgIpc) is 2.13. The van der Waals surface area contributed by atoms with Crippen LogP contribution in [0.4, 0.5) is 0 Å². The van der Waals surface area contributed by atoms with Crippen molar-refractivity contribution in [1.82, 2.24) is 10.2 Å². The van der Waals surface area contributed by atoms with Crippen LogP contribution in [-0.2, 0) is 9.59 Å². The Hall–Kier alpha value is -1.20. The molecule has 0 aromatic heterocycles. The number of carbonyl (C=O) groups is 2. The van der Waals surface area contributed by atoms with Gasteiger partial charge >= 0.3 is 5.97 Å². The molecule has 0 fully saturated rings. The summed E-state index contributed by atoms with van der Waals surface area (Å²) in [4.78, 5) is 23.8. The number of nitrogens with one attached hydrogen (secondary N) is 1. The Balaban J connectivity index is 4.14. The monoisotopic (exact) mass is 214 g/mol. The number of likely N-dealkylation sites (N-methyl/N-ethyl adjacent to an activating group) is 2. The highest BCUT2D eigenvalue weighted by Crippen LogP contribution is 1.96. The van der Waals surface area contributed by atoms with Gasteiger partial charge in [-0.1, -0.05) is 6.08 Å². The minimum Gasteiger partial charge on any atom is -0.481 e. The number of carboxylic acid groups (broad SMARTS) is 1. The number of ketones is 1. The predicted molar refractivity (Wildman–Crippen MR) is 57.8 cm³/mol. The molecule has 1 unspecified atom stereocenters. The molecule has 0 saturated heterocycles. The van der Waals surface area contributed by atoms with Gasteiger partial charge in [0.2, 0.25) is 0 Å². The number of rotatable bonds is 8. The summed E-state index contributed by atoms with van der Waals surface area (Å²) >= 11 is 0. The third-order valence-electron chi connectivity index (χ3n) is 1.98. The van der Waals surface area contributed by atoms with Crippen molar-refractivity contribution in [2.45, 2.75) is 12.5 Å². The van der Waals surface area contributed by atoms with Gasteiger partial charge in [0.25, 0.3) is 0 Å². The van der Waals surface area contributed by atoms with Gasteiger partial charge < -0.3 is 10.4 Å². The SMILES string of the molecule is C=CCN(C)CC(=O)C(CC(=O)O)NC. The fourth-order valence-corrected chi connectivity index (χ4v) is 1.21. The maximum atomic E-state index is 11.6. The lowest BCUT2D eigenvalue weighted by Crippen LogP contribution is -2.41. The van der Waals surface area contributed by atoms with E-state index in [2.05, 4.69) is 11.9 Å². The fraction of sp³-hybridized carbons (Fsp3) is 0.600. The molecule has 0 heterocycles. The topological polar surface area (TPSA) is 69.6 Å². The second-order valence-corrected chi connectivity index (χ2v) is 3.39. The molecule has 0 spiro atoms. The summed E-state index contributed by atoms with van der Waals surface area (Å²) in [6.07, 6.45) is 1.51. The molecule has 1 atom stereocenters. The Bertz CT molecular complexity index is 241. The van der Waals surface area contributed by atoms with E-state index in [9.17, 15) is 9.59 Å². The molecule has 0 radical (unpaired) electrons. The molecular weight excluding hydrogens is 196 g/mol. The molecule has 0 aliphatic carbocycles. The lowest BCUT2D eigenvalue weighted by Gasteiger charge is -2.17. The molecular formula is C10H18N2O3. The van der Waals surface area contributed by atoms with Crippen LogP contribution in [0.3, 0.4) is 0 Å². The van der Waals surface area contributed by atoms with Crippen LogP contribution in [0.15, 0.2) is 12.7 Å². The molecule has 2 N–H and O–H groups in total. The molecule has 0 aliphatic heterocycles. The van der Waals surface area contributed by atoms with Gasteiger partial charge in [0, 0.05) is 6.54 Å². The van der Waals surface area contributed by atoms with Gasteiger partial charge in [-0.25, -0.2) is 0 Å². The zero-order valence-corrected chi connectivity index (χ0v) is 9.19. The quantitative estimate of drug-likeness (QED) is 0.545. The van der Waals surface area contributed by atoms with Gasteiger partial charge in [0.15, 0.2) is 5.78 Å². The van der Waals surface area contributed by atoms with Crippen LogP contribution >= 0.6 is 0 Å². The summed E-state index contributed by atoms with van der Waals surface area (Å²) in [5.74, 6) is -1.10. The second-order valence-electron chi connectivity index (χ2n) is 3.39. The van der Waals surface area contributed by atoms with Crippen LogP contribution in [-0.4, -0.2) is 55.0 Å². The molecule has 0 aromatic rings. The maximum Gasteiger partial charge on any atom is 0.305 e. The van der Waals surface area contributed by atoms with Gasteiger partial charge in [-0.15, -0.1) is 6.58 Å². The minimum atomic E-state index is -0.978. The number of carbonyl (C=O) groups excluding carboxylic acids is 1. The minimum absolute atomic E-state index is 0.121. The van der Waals surface area contributed by atoms with E-state index in [1.807, 2.05) is 0 Å². The van der Waals surface area contributed by atoms with Crippen molar-refractivity contribution in [3.05, 3.63) is 12.7 Å². The van der Waals surface area contributed by atoms with Gasteiger partial charge in [-0.3, -0.25) is 14.5 Å². The summed E-state index contributed by atoms with van der Waals surface area (Å²) in [5, 5.41) is 11.3. The summed E-state index contributed by atoms with van der Waals surface area (Å²) in [5.41, 5.74) is 0. The third kappa shape index (κ3) is 5.98. The van der Waals surface area contributed by atoms with Gasteiger partial charge in [-0.05, 0) is 14.1 Å². The molecule has 5 nitrogen and oxygen atoms in total. The Kier molecular flexibility index (Phi) is 6.57. The van der Waals surface area contributed by atoms with E-state index in [0.717, 1.165) is 0 Å². The van der Waals surface area contributed by atoms with Crippen molar-refractivity contribution >= 4 is 11.8 Å². The first-order valence-corrected chi connectivity index (χ1v) is 4.72. The van der Waals surface area contributed by atoms with Crippen LogP contribution in [0, 0.1) is 0 Å². The first kappa shape index (κ1) is 13.8. The summed E-state index contributed by atoms with van der Waals surface area (Å²) < 4.78 is 0. The van der Waals surface area contributed by atoms with Gasteiger partial charge in [0.05, 0.1) is 19.0 Å². The van der Waals surface area contributed by atoms with Crippen molar-refractivity contribution < 1.29 is 14.7 Å². The van der Waals surface area contributed by atoms with Crippen LogP contribution < -0.4 is 5.32 Å². The highest BCUT2D eigenvalue weighted by molar-refractivity contribution is 5.89. The molecule has 0 aromatic carbocycles. The van der Waals surface area contributed by atoms with E-state index in [-0.39, 0.29) is 18.7 Å². The number of nitrogens with zero attached hydrogens (tertiary/aromatic N) is 1. The van der Waals surface area contributed by atoms with Crippen LogP contribution in [0.25, 0.3) is 0 Å². The number of Topliss-reactive ketones (excluding diaryl/α,β-unsaturated/α-hetero) is 1. The van der Waals surface area contributed by atoms with Crippen molar-refractivity contribution in [1.29, 1.82) is 0 Å². The van der Waals surface area contributed by atoms with E-state index < -0.39 is 12.0 Å². The van der Waals surface area contributed by atoms with Crippen molar-refractivity contribution in [2.75, 3.05) is 27.2 Å². The van der Waals surface area contributed by atoms with Crippen molar-refractivity contribution in [3.8, 4) is 0 Å². The normalized spacial score (nSPS) is 12.5. The Labute approximate surface area is 89.8 Å². The molecule has 0 saturated carbocycles. The first-order chi connectivity index (χ1) is 7.01. The number of hydrogen-bond acceptors (Lipinski definition) is 4. The fourth-order valence-electron chi connectivity index (χ4n) is 1.21. The molecule has 0 aliphatic rings. The predicted octanol–water partition coefficient (Wildman–Crippen LogP) is -0.264. The van der Waals surface area contributed by atoms with Crippen LogP contribution in [0.5, 0.6) is 0 Å². The second kappa shape index (κ2) is 7.14. The van der Waals surface area contributed by atoms with Crippen LogP contribution in [0.2, 0.25) is 0 Å². The van der Waals surface area contributed by atoms with E-state index in [1.165, 1.54) is 0 Å². The Morgan fingerprint density at radius 1 is 1.60 bits per heavy atom. The lowest BCUT2D eigenvalue weighted by molar-refractivity contribution is -0.139. The van der Waals surface area contributed by atoms with E-state index in [1.54, 1.807) is 25.1 Å². The van der Waals surface area contributed by atoms with Crippen LogP contribution in [0.1, 0.15) is 6.42 Å². The smallest absolute Gasteiger partial charge is 0.305 e.